The van der Waals surface area contributed by atoms with Gasteiger partial charge in [-0.1, -0.05) is 0 Å². The number of hydrogen-bond acceptors (Lipinski definition) is 4. The lowest BCUT2D eigenvalue weighted by Gasteiger charge is -2.08. The van der Waals surface area contributed by atoms with Gasteiger partial charge in [-0.25, -0.2) is 4.79 Å². The standard InChI is InChI=1S/C10H19NO3/c1-4-9(12)10(13)14-8-6-5-7-11(2)3/h4,12H,5-8H2,1-3H3. The zero-order valence-electron chi connectivity index (χ0n) is 9.12. The Kier molecular flexibility index (Phi) is 6.84. The quantitative estimate of drug-likeness (QED) is 0.305. The lowest BCUT2D eigenvalue weighted by atomic mass is 10.3. The van der Waals surface area contributed by atoms with Crippen molar-refractivity contribution in [2.45, 2.75) is 19.8 Å². The topological polar surface area (TPSA) is 49.8 Å². The van der Waals surface area contributed by atoms with Gasteiger partial charge in [0.05, 0.1) is 6.61 Å². The molecule has 0 bridgehead atoms. The van der Waals surface area contributed by atoms with Crippen molar-refractivity contribution < 1.29 is 14.6 Å². The first-order valence-corrected chi connectivity index (χ1v) is 4.75. The molecule has 4 nitrogen and oxygen atoms in total. The van der Waals surface area contributed by atoms with Gasteiger partial charge in [0, 0.05) is 0 Å². The summed E-state index contributed by atoms with van der Waals surface area (Å²) in [6.07, 6.45) is 3.12. The maximum Gasteiger partial charge on any atom is 0.373 e. The van der Waals surface area contributed by atoms with Crippen molar-refractivity contribution in [3.8, 4) is 0 Å². The van der Waals surface area contributed by atoms with Crippen LogP contribution in [-0.4, -0.2) is 43.2 Å². The third kappa shape index (κ3) is 6.48. The molecule has 0 aliphatic carbocycles. The number of ether oxygens (including phenoxy) is 1. The Morgan fingerprint density at radius 1 is 1.43 bits per heavy atom. The summed E-state index contributed by atoms with van der Waals surface area (Å²) >= 11 is 0. The number of carbonyl (C=O) groups is 1. The number of aliphatic hydroxyl groups excluding tert-OH is 1. The van der Waals surface area contributed by atoms with Gasteiger partial charge in [-0.15, -0.1) is 0 Å². The first-order chi connectivity index (χ1) is 6.57. The highest BCUT2D eigenvalue weighted by molar-refractivity contribution is 5.85. The average Bonchev–Trinajstić information content (AvgIpc) is 2.15. The summed E-state index contributed by atoms with van der Waals surface area (Å²) in [4.78, 5) is 13.0. The van der Waals surface area contributed by atoms with Gasteiger partial charge in [-0.2, -0.15) is 0 Å². The Hall–Kier alpha value is -1.03. The number of esters is 1. The fourth-order valence-electron chi connectivity index (χ4n) is 0.887. The van der Waals surface area contributed by atoms with Gasteiger partial charge in [0.25, 0.3) is 0 Å². The van der Waals surface area contributed by atoms with Crippen LogP contribution in [0.3, 0.4) is 0 Å². The first kappa shape index (κ1) is 13.0. The maximum absolute atomic E-state index is 10.9. The average molecular weight is 201 g/mol. The van der Waals surface area contributed by atoms with Crippen molar-refractivity contribution >= 4 is 5.97 Å². The Morgan fingerprint density at radius 2 is 2.07 bits per heavy atom. The summed E-state index contributed by atoms with van der Waals surface area (Å²) in [5, 5.41) is 8.95. The maximum atomic E-state index is 10.9. The van der Waals surface area contributed by atoms with Gasteiger partial charge in [-0.05, 0) is 46.5 Å². The largest absolute Gasteiger partial charge is 0.502 e. The molecule has 0 heterocycles. The highest BCUT2D eigenvalue weighted by Crippen LogP contribution is 1.96. The Bertz CT molecular complexity index is 200. The molecule has 0 rings (SSSR count). The predicted octanol–water partition coefficient (Wildman–Crippen LogP) is 1.33. The molecule has 0 fully saturated rings. The van der Waals surface area contributed by atoms with Crippen molar-refractivity contribution in [1.29, 1.82) is 0 Å². The lowest BCUT2D eigenvalue weighted by molar-refractivity contribution is -0.142. The molecule has 1 N–H and O–H groups in total. The number of nitrogens with zero attached hydrogens (tertiary/aromatic N) is 1. The van der Waals surface area contributed by atoms with Crippen LogP contribution in [0.1, 0.15) is 19.8 Å². The first-order valence-electron chi connectivity index (χ1n) is 4.75. The van der Waals surface area contributed by atoms with E-state index < -0.39 is 5.97 Å². The smallest absolute Gasteiger partial charge is 0.373 e. The fourth-order valence-corrected chi connectivity index (χ4v) is 0.887. The van der Waals surface area contributed by atoms with E-state index in [-0.39, 0.29) is 5.76 Å². The van der Waals surface area contributed by atoms with Gasteiger partial charge in [-0.3, -0.25) is 0 Å². The second-order valence-electron chi connectivity index (χ2n) is 3.32. The summed E-state index contributed by atoms with van der Waals surface area (Å²) in [6, 6.07) is 0. The Labute approximate surface area is 85.2 Å². The van der Waals surface area contributed by atoms with E-state index in [1.807, 2.05) is 14.1 Å². The van der Waals surface area contributed by atoms with E-state index >= 15 is 0 Å². The molecule has 0 saturated carbocycles. The molecular formula is C10H19NO3. The molecule has 14 heavy (non-hydrogen) atoms. The molecule has 0 amide bonds. The Morgan fingerprint density at radius 3 is 2.57 bits per heavy atom. The minimum Gasteiger partial charge on any atom is -0.502 e. The molecule has 0 spiro atoms. The van der Waals surface area contributed by atoms with Crippen LogP contribution in [0.15, 0.2) is 11.8 Å². The van der Waals surface area contributed by atoms with Crippen molar-refractivity contribution in [3.63, 3.8) is 0 Å². The normalized spacial score (nSPS) is 11.9. The minimum atomic E-state index is -0.641. The van der Waals surface area contributed by atoms with E-state index in [1.165, 1.54) is 6.08 Å². The van der Waals surface area contributed by atoms with Crippen LogP contribution in [0.2, 0.25) is 0 Å². The summed E-state index contributed by atoms with van der Waals surface area (Å²) in [5.41, 5.74) is 0. The zero-order chi connectivity index (χ0) is 11.0. The number of rotatable bonds is 6. The second kappa shape index (κ2) is 7.38. The van der Waals surface area contributed by atoms with Crippen molar-refractivity contribution in [2.24, 2.45) is 0 Å². The van der Waals surface area contributed by atoms with Crippen LogP contribution in [-0.2, 0) is 9.53 Å². The summed E-state index contributed by atoms with van der Waals surface area (Å²) in [5.74, 6) is -0.963. The van der Waals surface area contributed by atoms with Crippen molar-refractivity contribution in [2.75, 3.05) is 27.2 Å². The van der Waals surface area contributed by atoms with Gasteiger partial charge >= 0.3 is 5.97 Å². The van der Waals surface area contributed by atoms with Crippen LogP contribution in [0.4, 0.5) is 0 Å². The molecule has 82 valence electrons. The number of hydrogen-bond donors (Lipinski definition) is 1. The lowest BCUT2D eigenvalue weighted by Crippen LogP contribution is -2.14. The number of unbranched alkanes of at least 4 members (excludes halogenated alkanes) is 1. The molecular weight excluding hydrogens is 182 g/mol. The number of allylic oxidation sites excluding steroid dienone is 1. The highest BCUT2D eigenvalue weighted by Gasteiger charge is 2.06. The van der Waals surface area contributed by atoms with Crippen LogP contribution in [0, 0.1) is 0 Å². The van der Waals surface area contributed by atoms with Crippen molar-refractivity contribution in [3.05, 3.63) is 11.8 Å². The van der Waals surface area contributed by atoms with E-state index in [4.69, 9.17) is 9.84 Å². The summed E-state index contributed by atoms with van der Waals surface area (Å²) < 4.78 is 4.80. The summed E-state index contributed by atoms with van der Waals surface area (Å²) in [6.45, 7) is 2.93. The predicted molar refractivity (Wildman–Crippen MR) is 55.1 cm³/mol. The Balaban J connectivity index is 3.41. The number of aliphatic hydroxyl groups is 1. The van der Waals surface area contributed by atoms with E-state index in [0.717, 1.165) is 19.4 Å². The van der Waals surface area contributed by atoms with Crippen LogP contribution < -0.4 is 0 Å². The molecule has 0 atom stereocenters. The molecule has 0 saturated heterocycles. The monoisotopic (exact) mass is 201 g/mol. The fraction of sp³-hybridized carbons (Fsp3) is 0.700. The minimum absolute atomic E-state index is 0.322. The van der Waals surface area contributed by atoms with Crippen LogP contribution >= 0.6 is 0 Å². The number of carbonyl (C=O) groups excluding carboxylic acids is 1. The molecule has 0 aliphatic heterocycles. The van der Waals surface area contributed by atoms with Gasteiger partial charge < -0.3 is 14.7 Å². The van der Waals surface area contributed by atoms with Gasteiger partial charge in [0.15, 0.2) is 5.76 Å². The van der Waals surface area contributed by atoms with Gasteiger partial charge in [0.1, 0.15) is 0 Å². The van der Waals surface area contributed by atoms with Crippen molar-refractivity contribution in [1.82, 2.24) is 4.90 Å². The highest BCUT2D eigenvalue weighted by atomic mass is 16.5. The molecule has 0 aromatic rings. The van der Waals surface area contributed by atoms with E-state index in [1.54, 1.807) is 6.92 Å². The van der Waals surface area contributed by atoms with Gasteiger partial charge in [0.2, 0.25) is 0 Å². The van der Waals surface area contributed by atoms with Crippen LogP contribution in [0.25, 0.3) is 0 Å². The molecule has 0 aromatic heterocycles. The summed E-state index contributed by atoms with van der Waals surface area (Å²) in [7, 11) is 4.00. The SMILES string of the molecule is CC=C(O)C(=O)OCCCCN(C)C. The third-order valence-corrected chi connectivity index (χ3v) is 1.72. The molecule has 0 aromatic carbocycles. The van der Waals surface area contributed by atoms with E-state index in [0.29, 0.717) is 6.61 Å². The molecule has 0 unspecified atom stereocenters. The van der Waals surface area contributed by atoms with E-state index in [9.17, 15) is 4.79 Å². The van der Waals surface area contributed by atoms with E-state index in [2.05, 4.69) is 4.90 Å². The molecule has 0 aliphatic rings. The van der Waals surface area contributed by atoms with Crippen LogP contribution in [0.5, 0.6) is 0 Å². The molecule has 4 heteroatoms. The third-order valence-electron chi connectivity index (χ3n) is 1.72. The zero-order valence-corrected chi connectivity index (χ0v) is 9.12. The molecule has 0 radical (unpaired) electrons. The second-order valence-corrected chi connectivity index (χ2v) is 3.32.